The molecule has 1 N–H and O–H groups in total. The second-order valence-electron chi connectivity index (χ2n) is 5.82. The molecule has 9 heteroatoms. The first-order chi connectivity index (χ1) is 12.4. The molecule has 1 aromatic carbocycles. The minimum absolute atomic E-state index is 0.0187. The monoisotopic (exact) mass is 361 g/mol. The van der Waals surface area contributed by atoms with Gasteiger partial charge in [-0.1, -0.05) is 0 Å². The molecule has 136 valence electrons. The van der Waals surface area contributed by atoms with Crippen molar-refractivity contribution >= 4 is 23.5 Å². The van der Waals surface area contributed by atoms with Gasteiger partial charge in [-0.25, -0.2) is 18.7 Å². The number of aromatic nitrogens is 2. The molecular formula is C17H17F2N5O2. The summed E-state index contributed by atoms with van der Waals surface area (Å²) < 4.78 is 26.2. The van der Waals surface area contributed by atoms with Gasteiger partial charge in [0.25, 0.3) is 5.91 Å². The first-order valence-electron chi connectivity index (χ1n) is 8.04. The predicted molar refractivity (Wildman–Crippen MR) is 90.8 cm³/mol. The van der Waals surface area contributed by atoms with E-state index < -0.39 is 17.5 Å². The molecule has 7 nitrogen and oxygen atoms in total. The summed E-state index contributed by atoms with van der Waals surface area (Å²) >= 11 is 0. The number of carbonyl (C=O) groups is 2. The van der Waals surface area contributed by atoms with E-state index in [0.29, 0.717) is 32.1 Å². The van der Waals surface area contributed by atoms with Gasteiger partial charge in [0.2, 0.25) is 11.9 Å². The van der Waals surface area contributed by atoms with Gasteiger partial charge in [-0.3, -0.25) is 9.59 Å². The van der Waals surface area contributed by atoms with Crippen LogP contribution in [0, 0.1) is 11.6 Å². The van der Waals surface area contributed by atoms with E-state index in [1.54, 1.807) is 4.90 Å². The van der Waals surface area contributed by atoms with Crippen molar-refractivity contribution in [1.82, 2.24) is 14.9 Å². The maximum Gasteiger partial charge on any atom is 0.274 e. The third-order valence-corrected chi connectivity index (χ3v) is 4.06. The zero-order valence-electron chi connectivity index (χ0n) is 14.1. The van der Waals surface area contributed by atoms with Crippen LogP contribution in [0.1, 0.15) is 17.4 Å². The van der Waals surface area contributed by atoms with E-state index in [2.05, 4.69) is 15.3 Å². The minimum atomic E-state index is -1.05. The maximum absolute atomic E-state index is 13.2. The molecule has 2 aromatic rings. The highest BCUT2D eigenvalue weighted by molar-refractivity contribution is 6.02. The number of rotatable bonds is 3. The van der Waals surface area contributed by atoms with Crippen LogP contribution in [-0.4, -0.2) is 52.9 Å². The average Bonchev–Trinajstić information content (AvgIpc) is 2.65. The van der Waals surface area contributed by atoms with Gasteiger partial charge >= 0.3 is 0 Å². The van der Waals surface area contributed by atoms with E-state index in [1.807, 2.05) is 4.90 Å². The number of hydrogen-bond acceptors (Lipinski definition) is 5. The molecule has 3 rings (SSSR count). The van der Waals surface area contributed by atoms with Crippen LogP contribution in [0.15, 0.2) is 30.5 Å². The van der Waals surface area contributed by atoms with Crippen molar-refractivity contribution in [3.63, 3.8) is 0 Å². The smallest absolute Gasteiger partial charge is 0.274 e. The first kappa shape index (κ1) is 17.7. The number of piperazine rings is 1. The second-order valence-corrected chi connectivity index (χ2v) is 5.82. The number of halogens is 2. The average molecular weight is 361 g/mol. The summed E-state index contributed by atoms with van der Waals surface area (Å²) in [6.45, 7) is 3.77. The Bertz CT molecular complexity index is 838. The molecule has 26 heavy (non-hydrogen) atoms. The van der Waals surface area contributed by atoms with Crippen molar-refractivity contribution in [3.05, 3.63) is 47.8 Å². The Balaban J connectivity index is 1.69. The van der Waals surface area contributed by atoms with E-state index in [-0.39, 0.29) is 17.3 Å². The highest BCUT2D eigenvalue weighted by Gasteiger charge is 2.21. The molecule has 0 bridgehead atoms. The second kappa shape index (κ2) is 7.42. The molecule has 1 aromatic heterocycles. The summed E-state index contributed by atoms with van der Waals surface area (Å²) in [7, 11) is 0. The molecule has 1 fully saturated rings. The molecule has 1 saturated heterocycles. The summed E-state index contributed by atoms with van der Waals surface area (Å²) in [5, 5.41) is 2.47. The highest BCUT2D eigenvalue weighted by atomic mass is 19.2. The molecule has 1 aliphatic rings. The largest absolute Gasteiger partial charge is 0.339 e. The molecular weight excluding hydrogens is 344 g/mol. The van der Waals surface area contributed by atoms with Crippen molar-refractivity contribution < 1.29 is 18.4 Å². The van der Waals surface area contributed by atoms with Crippen LogP contribution >= 0.6 is 0 Å². The number of nitrogens with one attached hydrogen (secondary N) is 1. The Kier molecular flexibility index (Phi) is 5.06. The van der Waals surface area contributed by atoms with Gasteiger partial charge in [0.15, 0.2) is 11.6 Å². The van der Waals surface area contributed by atoms with Crippen molar-refractivity contribution in [2.24, 2.45) is 0 Å². The van der Waals surface area contributed by atoms with Crippen LogP contribution in [0.5, 0.6) is 0 Å². The molecule has 0 aliphatic carbocycles. The fourth-order valence-corrected chi connectivity index (χ4v) is 2.62. The molecule has 2 heterocycles. The standard InChI is InChI=1S/C17H17F2N5O2/c1-11(25)23-6-8-24(9-7-23)17-20-5-4-15(22-17)16(26)21-12-2-3-13(18)14(19)10-12/h2-5,10H,6-9H2,1H3,(H,21,26). The van der Waals surface area contributed by atoms with E-state index in [1.165, 1.54) is 25.3 Å². The Morgan fingerprint density at radius 2 is 1.81 bits per heavy atom. The quantitative estimate of drug-likeness (QED) is 0.900. The summed E-state index contributed by atoms with van der Waals surface area (Å²) in [4.78, 5) is 35.7. The SMILES string of the molecule is CC(=O)N1CCN(c2nccc(C(=O)Nc3ccc(F)c(F)c3)n2)CC1. The van der Waals surface area contributed by atoms with Gasteiger partial charge in [0, 0.05) is 51.1 Å². The van der Waals surface area contributed by atoms with Crippen LogP contribution in [-0.2, 0) is 4.79 Å². The van der Waals surface area contributed by atoms with E-state index >= 15 is 0 Å². The lowest BCUT2D eigenvalue weighted by Gasteiger charge is -2.34. The number of carbonyl (C=O) groups excluding carboxylic acids is 2. The molecule has 0 unspecified atom stereocenters. The summed E-state index contributed by atoms with van der Waals surface area (Å²) in [5.74, 6) is -2.19. The van der Waals surface area contributed by atoms with Crippen LogP contribution in [0.25, 0.3) is 0 Å². The lowest BCUT2D eigenvalue weighted by atomic mass is 10.3. The van der Waals surface area contributed by atoms with Crippen molar-refractivity contribution in [2.45, 2.75) is 6.92 Å². The molecule has 0 spiro atoms. The minimum Gasteiger partial charge on any atom is -0.339 e. The topological polar surface area (TPSA) is 78.4 Å². The molecule has 2 amide bonds. The zero-order valence-corrected chi connectivity index (χ0v) is 14.1. The summed E-state index contributed by atoms with van der Waals surface area (Å²) in [5.41, 5.74) is 0.234. The van der Waals surface area contributed by atoms with Gasteiger partial charge in [-0.2, -0.15) is 0 Å². The number of hydrogen-bond donors (Lipinski definition) is 1. The number of amides is 2. The van der Waals surface area contributed by atoms with Gasteiger partial charge in [-0.05, 0) is 18.2 Å². The molecule has 1 aliphatic heterocycles. The normalized spacial score (nSPS) is 14.3. The van der Waals surface area contributed by atoms with Gasteiger partial charge < -0.3 is 15.1 Å². The lowest BCUT2D eigenvalue weighted by Crippen LogP contribution is -2.48. The first-order valence-corrected chi connectivity index (χ1v) is 8.04. The van der Waals surface area contributed by atoms with E-state index in [4.69, 9.17) is 0 Å². The third kappa shape index (κ3) is 3.93. The van der Waals surface area contributed by atoms with E-state index in [9.17, 15) is 18.4 Å². The summed E-state index contributed by atoms with van der Waals surface area (Å²) in [6, 6.07) is 4.53. The zero-order chi connectivity index (χ0) is 18.7. The van der Waals surface area contributed by atoms with Crippen molar-refractivity contribution in [3.8, 4) is 0 Å². The fraction of sp³-hybridized carbons (Fsp3) is 0.294. The maximum atomic E-state index is 13.2. The van der Waals surface area contributed by atoms with Gasteiger partial charge in [-0.15, -0.1) is 0 Å². The van der Waals surface area contributed by atoms with Crippen LogP contribution < -0.4 is 10.2 Å². The number of nitrogens with zero attached hydrogens (tertiary/aromatic N) is 4. The van der Waals surface area contributed by atoms with Crippen LogP contribution in [0.3, 0.4) is 0 Å². The fourth-order valence-electron chi connectivity index (χ4n) is 2.62. The number of anilines is 2. The van der Waals surface area contributed by atoms with Crippen LogP contribution in [0.2, 0.25) is 0 Å². The summed E-state index contributed by atoms with van der Waals surface area (Å²) in [6.07, 6.45) is 1.46. The van der Waals surface area contributed by atoms with Crippen LogP contribution in [0.4, 0.5) is 20.4 Å². The Hall–Kier alpha value is -3.10. The highest BCUT2D eigenvalue weighted by Crippen LogP contribution is 2.15. The Morgan fingerprint density at radius 3 is 2.46 bits per heavy atom. The van der Waals surface area contributed by atoms with Crippen molar-refractivity contribution in [2.75, 3.05) is 36.4 Å². The molecule has 0 radical (unpaired) electrons. The van der Waals surface area contributed by atoms with E-state index in [0.717, 1.165) is 12.1 Å². The third-order valence-electron chi connectivity index (χ3n) is 4.06. The van der Waals surface area contributed by atoms with Gasteiger partial charge in [0.05, 0.1) is 0 Å². The number of benzene rings is 1. The predicted octanol–water partition coefficient (Wildman–Crippen LogP) is 1.68. The lowest BCUT2D eigenvalue weighted by molar-refractivity contribution is -0.129. The molecule has 0 atom stereocenters. The Morgan fingerprint density at radius 1 is 1.08 bits per heavy atom. The molecule has 0 saturated carbocycles. The van der Waals surface area contributed by atoms with Crippen molar-refractivity contribution in [1.29, 1.82) is 0 Å². The van der Waals surface area contributed by atoms with Gasteiger partial charge in [0.1, 0.15) is 5.69 Å². The Labute approximate surface area is 148 Å².